The molecule has 5 heteroatoms. The van der Waals surface area contributed by atoms with Gasteiger partial charge in [-0.3, -0.25) is 4.79 Å². The lowest BCUT2D eigenvalue weighted by molar-refractivity contribution is 0.0792. The first-order valence-electron chi connectivity index (χ1n) is 8.11. The number of carbonyl (C=O) groups is 1. The predicted molar refractivity (Wildman–Crippen MR) is 98.4 cm³/mol. The molecule has 0 aliphatic carbocycles. The summed E-state index contributed by atoms with van der Waals surface area (Å²) in [6.07, 6.45) is -0.195. The maximum Gasteiger partial charge on any atom is 0.262 e. The van der Waals surface area contributed by atoms with Gasteiger partial charge >= 0.3 is 0 Å². The van der Waals surface area contributed by atoms with Crippen LogP contribution in [-0.2, 0) is 0 Å². The van der Waals surface area contributed by atoms with Crippen LogP contribution in [0.15, 0.2) is 66.0 Å². The Bertz CT molecular complexity index is 875. The molecule has 126 valence electrons. The molecule has 4 rings (SSSR count). The number of rotatable bonds is 4. The smallest absolute Gasteiger partial charge is 0.262 e. The summed E-state index contributed by atoms with van der Waals surface area (Å²) >= 11 is 1.44. The molecular formula is C20H17NO3S. The van der Waals surface area contributed by atoms with Gasteiger partial charge in [-0.15, -0.1) is 11.3 Å². The van der Waals surface area contributed by atoms with Crippen molar-refractivity contribution in [3.63, 3.8) is 0 Å². The van der Waals surface area contributed by atoms with Crippen LogP contribution in [0.5, 0.6) is 11.5 Å². The predicted octanol–water partition coefficient (Wildman–Crippen LogP) is 3.98. The minimum Gasteiger partial charge on any atom is -0.486 e. The molecule has 25 heavy (non-hydrogen) atoms. The Morgan fingerprint density at radius 1 is 1.04 bits per heavy atom. The first kappa shape index (κ1) is 15.7. The molecular weight excluding hydrogens is 334 g/mol. The normalized spacial score (nSPS) is 15.6. The van der Waals surface area contributed by atoms with Crippen molar-refractivity contribution in [3.8, 4) is 22.6 Å². The van der Waals surface area contributed by atoms with Crippen molar-refractivity contribution >= 4 is 17.2 Å². The average Bonchev–Trinajstić information content (AvgIpc) is 3.16. The van der Waals surface area contributed by atoms with Crippen LogP contribution in [0.25, 0.3) is 11.1 Å². The van der Waals surface area contributed by atoms with Crippen LogP contribution in [0.1, 0.15) is 9.67 Å². The summed E-state index contributed by atoms with van der Waals surface area (Å²) in [5, 5.41) is 4.90. The first-order valence-corrected chi connectivity index (χ1v) is 8.99. The molecule has 2 heterocycles. The average molecular weight is 351 g/mol. The third-order valence-electron chi connectivity index (χ3n) is 4.01. The van der Waals surface area contributed by atoms with Gasteiger partial charge in [-0.1, -0.05) is 42.5 Å². The highest BCUT2D eigenvalue weighted by Crippen LogP contribution is 2.31. The highest BCUT2D eigenvalue weighted by atomic mass is 32.1. The molecule has 1 aliphatic heterocycles. The molecule has 2 aromatic carbocycles. The number of para-hydroxylation sites is 2. The number of ether oxygens (including phenoxy) is 2. The van der Waals surface area contributed by atoms with E-state index in [0.717, 1.165) is 16.9 Å². The maximum atomic E-state index is 12.6. The maximum absolute atomic E-state index is 12.6. The Labute approximate surface area is 150 Å². The van der Waals surface area contributed by atoms with E-state index in [2.05, 4.69) is 5.32 Å². The fourth-order valence-electron chi connectivity index (χ4n) is 2.78. The molecule has 0 saturated carbocycles. The van der Waals surface area contributed by atoms with Crippen LogP contribution in [0.4, 0.5) is 0 Å². The van der Waals surface area contributed by atoms with Crippen molar-refractivity contribution in [1.82, 2.24) is 5.32 Å². The number of nitrogens with one attached hydrogen (secondary N) is 1. The lowest BCUT2D eigenvalue weighted by atomic mass is 10.1. The second-order valence-electron chi connectivity index (χ2n) is 5.74. The van der Waals surface area contributed by atoms with E-state index < -0.39 is 0 Å². The summed E-state index contributed by atoms with van der Waals surface area (Å²) in [7, 11) is 0. The molecule has 1 atom stereocenters. The van der Waals surface area contributed by atoms with Crippen LogP contribution in [-0.4, -0.2) is 25.2 Å². The fraction of sp³-hybridized carbons (Fsp3) is 0.150. The highest BCUT2D eigenvalue weighted by Gasteiger charge is 2.22. The highest BCUT2D eigenvalue weighted by molar-refractivity contribution is 7.12. The van der Waals surface area contributed by atoms with Gasteiger partial charge in [-0.05, 0) is 29.1 Å². The Morgan fingerprint density at radius 2 is 1.80 bits per heavy atom. The van der Waals surface area contributed by atoms with Crippen molar-refractivity contribution in [3.05, 3.63) is 70.9 Å². The number of hydrogen-bond acceptors (Lipinski definition) is 4. The lowest BCUT2D eigenvalue weighted by Gasteiger charge is -2.26. The van der Waals surface area contributed by atoms with E-state index in [-0.39, 0.29) is 12.0 Å². The van der Waals surface area contributed by atoms with E-state index in [1.807, 2.05) is 66.0 Å². The van der Waals surface area contributed by atoms with Gasteiger partial charge in [-0.25, -0.2) is 0 Å². The number of amides is 1. The summed E-state index contributed by atoms with van der Waals surface area (Å²) in [6.45, 7) is 0.826. The zero-order valence-corrected chi connectivity index (χ0v) is 14.3. The molecule has 1 aliphatic rings. The minimum absolute atomic E-state index is 0.0867. The Kier molecular flexibility index (Phi) is 4.39. The van der Waals surface area contributed by atoms with Gasteiger partial charge in [0, 0.05) is 5.56 Å². The van der Waals surface area contributed by atoms with E-state index in [0.29, 0.717) is 23.8 Å². The van der Waals surface area contributed by atoms with Gasteiger partial charge in [-0.2, -0.15) is 0 Å². The van der Waals surface area contributed by atoms with Gasteiger partial charge in [0.1, 0.15) is 12.7 Å². The second-order valence-corrected chi connectivity index (χ2v) is 6.65. The Morgan fingerprint density at radius 3 is 2.64 bits per heavy atom. The second kappa shape index (κ2) is 6.99. The number of hydrogen-bond donors (Lipinski definition) is 1. The zero-order chi connectivity index (χ0) is 17.1. The van der Waals surface area contributed by atoms with Crippen molar-refractivity contribution < 1.29 is 14.3 Å². The molecule has 3 aromatic rings. The first-order chi connectivity index (χ1) is 12.3. The van der Waals surface area contributed by atoms with Crippen molar-refractivity contribution in [2.75, 3.05) is 13.2 Å². The fourth-order valence-corrected chi connectivity index (χ4v) is 3.61. The van der Waals surface area contributed by atoms with E-state index >= 15 is 0 Å². The molecule has 1 aromatic heterocycles. The van der Waals surface area contributed by atoms with Crippen LogP contribution in [0.3, 0.4) is 0 Å². The molecule has 1 amide bonds. The number of fused-ring (bicyclic) bond motifs is 1. The minimum atomic E-state index is -0.195. The molecule has 0 fully saturated rings. The third kappa shape index (κ3) is 3.37. The molecule has 0 bridgehead atoms. The van der Waals surface area contributed by atoms with Gasteiger partial charge in [0.05, 0.1) is 11.4 Å². The summed E-state index contributed by atoms with van der Waals surface area (Å²) in [4.78, 5) is 13.3. The summed E-state index contributed by atoms with van der Waals surface area (Å²) in [6, 6.07) is 19.5. The van der Waals surface area contributed by atoms with Crippen LogP contribution >= 0.6 is 11.3 Å². The summed E-state index contributed by atoms with van der Waals surface area (Å²) < 4.78 is 11.6. The summed E-state index contributed by atoms with van der Waals surface area (Å²) in [5.74, 6) is 1.38. The van der Waals surface area contributed by atoms with Crippen LogP contribution in [0.2, 0.25) is 0 Å². The van der Waals surface area contributed by atoms with E-state index in [4.69, 9.17) is 9.47 Å². The number of carbonyl (C=O) groups excluding carboxylic acids is 1. The van der Waals surface area contributed by atoms with E-state index in [1.165, 1.54) is 11.3 Å². The standard InChI is InChI=1S/C20H17NO3S/c22-20(19-16(10-11-25-19)14-6-2-1-3-7-14)21-12-15-13-23-17-8-4-5-9-18(17)24-15/h1-11,15H,12-13H2,(H,21,22)/t15-/m1/s1. The molecule has 0 saturated heterocycles. The van der Waals surface area contributed by atoms with Gasteiger partial charge < -0.3 is 14.8 Å². The Balaban J connectivity index is 1.42. The van der Waals surface area contributed by atoms with Crippen molar-refractivity contribution in [1.29, 1.82) is 0 Å². The molecule has 0 spiro atoms. The van der Waals surface area contributed by atoms with E-state index in [9.17, 15) is 4.79 Å². The van der Waals surface area contributed by atoms with Gasteiger partial charge in [0.25, 0.3) is 5.91 Å². The molecule has 0 radical (unpaired) electrons. The quantitative estimate of drug-likeness (QED) is 0.773. The van der Waals surface area contributed by atoms with Gasteiger partial charge in [0.15, 0.2) is 11.5 Å². The molecule has 1 N–H and O–H groups in total. The van der Waals surface area contributed by atoms with Crippen molar-refractivity contribution in [2.45, 2.75) is 6.10 Å². The zero-order valence-electron chi connectivity index (χ0n) is 13.5. The topological polar surface area (TPSA) is 47.6 Å². The van der Waals surface area contributed by atoms with Crippen LogP contribution in [0, 0.1) is 0 Å². The summed E-state index contributed by atoms with van der Waals surface area (Å²) in [5.41, 5.74) is 1.99. The van der Waals surface area contributed by atoms with E-state index in [1.54, 1.807) is 0 Å². The largest absolute Gasteiger partial charge is 0.486 e. The number of benzene rings is 2. The van der Waals surface area contributed by atoms with Crippen LogP contribution < -0.4 is 14.8 Å². The lowest BCUT2D eigenvalue weighted by Crippen LogP contribution is -2.40. The molecule has 4 nitrogen and oxygen atoms in total. The Hall–Kier alpha value is -2.79. The SMILES string of the molecule is O=C(NC[C@@H]1COc2ccccc2O1)c1sccc1-c1ccccc1. The third-order valence-corrected chi connectivity index (χ3v) is 4.93. The monoisotopic (exact) mass is 351 g/mol. The molecule has 0 unspecified atom stereocenters. The van der Waals surface area contributed by atoms with Crippen molar-refractivity contribution in [2.24, 2.45) is 0 Å². The number of thiophene rings is 1. The van der Waals surface area contributed by atoms with Gasteiger partial charge in [0.2, 0.25) is 0 Å².